The van der Waals surface area contributed by atoms with E-state index in [1.165, 1.54) is 12.1 Å². The molecule has 0 radical (unpaired) electrons. The highest BCUT2D eigenvalue weighted by atomic mass is 19.4. The van der Waals surface area contributed by atoms with Crippen LogP contribution in [0.4, 0.5) is 18.9 Å². The summed E-state index contributed by atoms with van der Waals surface area (Å²) in [5, 5.41) is 0. The number of nitrogen functional groups attached to an aromatic ring is 1. The van der Waals surface area contributed by atoms with Crippen molar-refractivity contribution in [2.24, 2.45) is 5.92 Å². The van der Waals surface area contributed by atoms with Crippen LogP contribution in [0.1, 0.15) is 30.4 Å². The molecule has 19 heavy (non-hydrogen) atoms. The number of hydrogen-bond acceptors (Lipinski definition) is 2. The van der Waals surface area contributed by atoms with Crippen LogP contribution < -0.4 is 5.73 Å². The quantitative estimate of drug-likeness (QED) is 0.853. The lowest BCUT2D eigenvalue weighted by molar-refractivity contribution is -0.138. The molecular weight excluding hydrogens is 255 g/mol. The standard InChI is InChI=1S/C14H18F3NO/c15-14(16,17)13-9-12(18)4-3-11(13)2-1-10-5-7-19-8-6-10/h3-4,9-10H,1-2,5-8,18H2. The molecular formula is C14H18F3NO. The summed E-state index contributed by atoms with van der Waals surface area (Å²) in [4.78, 5) is 0. The van der Waals surface area contributed by atoms with Crippen molar-refractivity contribution in [3.8, 4) is 0 Å². The van der Waals surface area contributed by atoms with E-state index in [4.69, 9.17) is 10.5 Å². The lowest BCUT2D eigenvalue weighted by atomic mass is 9.91. The highest BCUT2D eigenvalue weighted by molar-refractivity contribution is 5.46. The number of anilines is 1. The third-order valence-electron chi connectivity index (χ3n) is 3.60. The van der Waals surface area contributed by atoms with Crippen molar-refractivity contribution in [1.29, 1.82) is 0 Å². The van der Waals surface area contributed by atoms with Crippen LogP contribution in [0.15, 0.2) is 18.2 Å². The Morgan fingerprint density at radius 1 is 1.21 bits per heavy atom. The number of rotatable bonds is 3. The van der Waals surface area contributed by atoms with Gasteiger partial charge in [0.05, 0.1) is 5.56 Å². The Hall–Kier alpha value is -1.23. The van der Waals surface area contributed by atoms with Crippen molar-refractivity contribution in [2.45, 2.75) is 31.9 Å². The van der Waals surface area contributed by atoms with Crippen molar-refractivity contribution in [1.82, 2.24) is 0 Å². The first-order valence-electron chi connectivity index (χ1n) is 6.50. The third-order valence-corrected chi connectivity index (χ3v) is 3.60. The fourth-order valence-electron chi connectivity index (χ4n) is 2.47. The predicted molar refractivity (Wildman–Crippen MR) is 67.7 cm³/mol. The second-order valence-corrected chi connectivity index (χ2v) is 5.01. The SMILES string of the molecule is Nc1ccc(CCC2CCOCC2)c(C(F)(F)F)c1. The van der Waals surface area contributed by atoms with Gasteiger partial charge in [-0.2, -0.15) is 13.2 Å². The zero-order valence-corrected chi connectivity index (χ0v) is 10.7. The van der Waals surface area contributed by atoms with Crippen molar-refractivity contribution >= 4 is 5.69 Å². The Morgan fingerprint density at radius 2 is 1.89 bits per heavy atom. The summed E-state index contributed by atoms with van der Waals surface area (Å²) in [6, 6.07) is 4.06. The molecule has 2 rings (SSSR count). The lowest BCUT2D eigenvalue weighted by Gasteiger charge is -2.22. The molecule has 1 aromatic carbocycles. The van der Waals surface area contributed by atoms with Gasteiger partial charge in [0, 0.05) is 18.9 Å². The van der Waals surface area contributed by atoms with E-state index in [1.807, 2.05) is 0 Å². The second-order valence-electron chi connectivity index (χ2n) is 5.01. The molecule has 1 fully saturated rings. The molecule has 0 bridgehead atoms. The lowest BCUT2D eigenvalue weighted by Crippen LogP contribution is -2.17. The molecule has 0 spiro atoms. The topological polar surface area (TPSA) is 35.2 Å². The molecule has 0 unspecified atom stereocenters. The van der Waals surface area contributed by atoms with E-state index < -0.39 is 11.7 Å². The van der Waals surface area contributed by atoms with Gasteiger partial charge < -0.3 is 10.5 Å². The molecule has 0 aliphatic carbocycles. The van der Waals surface area contributed by atoms with Crippen LogP contribution in [-0.4, -0.2) is 13.2 Å². The molecule has 2 N–H and O–H groups in total. The van der Waals surface area contributed by atoms with E-state index in [9.17, 15) is 13.2 Å². The molecule has 1 heterocycles. The predicted octanol–water partition coefficient (Wildman–Crippen LogP) is 3.65. The molecule has 1 aromatic rings. The average molecular weight is 273 g/mol. The minimum Gasteiger partial charge on any atom is -0.399 e. The van der Waals surface area contributed by atoms with Gasteiger partial charge in [-0.3, -0.25) is 0 Å². The number of ether oxygens (including phenoxy) is 1. The monoisotopic (exact) mass is 273 g/mol. The van der Waals surface area contributed by atoms with Crippen LogP contribution >= 0.6 is 0 Å². The summed E-state index contributed by atoms with van der Waals surface area (Å²) in [5.41, 5.74) is 5.34. The van der Waals surface area contributed by atoms with E-state index in [1.54, 1.807) is 0 Å². The number of benzene rings is 1. The zero-order chi connectivity index (χ0) is 13.9. The highest BCUT2D eigenvalue weighted by Crippen LogP contribution is 2.34. The molecule has 1 aliphatic rings. The fourth-order valence-corrected chi connectivity index (χ4v) is 2.47. The van der Waals surface area contributed by atoms with Gasteiger partial charge in [0.2, 0.25) is 0 Å². The Balaban J connectivity index is 2.06. The summed E-state index contributed by atoms with van der Waals surface area (Å²) in [6.07, 6.45) is -1.23. The average Bonchev–Trinajstić information content (AvgIpc) is 2.37. The van der Waals surface area contributed by atoms with Crippen LogP contribution in [0.25, 0.3) is 0 Å². The highest BCUT2D eigenvalue weighted by Gasteiger charge is 2.33. The van der Waals surface area contributed by atoms with Crippen molar-refractivity contribution in [3.63, 3.8) is 0 Å². The van der Waals surface area contributed by atoms with Crippen molar-refractivity contribution in [3.05, 3.63) is 29.3 Å². The molecule has 5 heteroatoms. The number of aryl methyl sites for hydroxylation is 1. The van der Waals surface area contributed by atoms with E-state index in [0.717, 1.165) is 38.5 Å². The van der Waals surface area contributed by atoms with Crippen molar-refractivity contribution < 1.29 is 17.9 Å². The molecule has 0 amide bonds. The van der Waals surface area contributed by atoms with Crippen LogP contribution in [0, 0.1) is 5.92 Å². The fraction of sp³-hybridized carbons (Fsp3) is 0.571. The summed E-state index contributed by atoms with van der Waals surface area (Å²) in [5.74, 6) is 0.465. The first-order chi connectivity index (χ1) is 8.97. The van der Waals surface area contributed by atoms with E-state index in [2.05, 4.69) is 0 Å². The van der Waals surface area contributed by atoms with Gasteiger partial charge in [0.25, 0.3) is 0 Å². The van der Waals surface area contributed by atoms with Crippen LogP contribution in [0.3, 0.4) is 0 Å². The smallest absolute Gasteiger partial charge is 0.399 e. The van der Waals surface area contributed by atoms with Crippen LogP contribution in [0.2, 0.25) is 0 Å². The van der Waals surface area contributed by atoms with Gasteiger partial charge in [-0.25, -0.2) is 0 Å². The summed E-state index contributed by atoms with van der Waals surface area (Å²) >= 11 is 0. The molecule has 0 aromatic heterocycles. The summed E-state index contributed by atoms with van der Waals surface area (Å²) in [6.45, 7) is 1.44. The molecule has 2 nitrogen and oxygen atoms in total. The van der Waals surface area contributed by atoms with Gasteiger partial charge in [-0.1, -0.05) is 6.07 Å². The summed E-state index contributed by atoms with van der Waals surface area (Å²) < 4.78 is 44.0. The Bertz CT molecular complexity index is 425. The molecule has 0 atom stereocenters. The normalized spacial score (nSPS) is 17.6. The Kier molecular flexibility index (Phi) is 4.34. The van der Waals surface area contributed by atoms with Gasteiger partial charge >= 0.3 is 6.18 Å². The molecule has 1 saturated heterocycles. The second kappa shape index (κ2) is 5.82. The van der Waals surface area contributed by atoms with Gasteiger partial charge in [0.15, 0.2) is 0 Å². The van der Waals surface area contributed by atoms with E-state index >= 15 is 0 Å². The number of hydrogen-bond donors (Lipinski definition) is 1. The number of nitrogens with two attached hydrogens (primary N) is 1. The van der Waals surface area contributed by atoms with Crippen LogP contribution in [0.5, 0.6) is 0 Å². The maximum absolute atomic E-state index is 12.9. The van der Waals surface area contributed by atoms with Gasteiger partial charge in [-0.15, -0.1) is 0 Å². The first kappa shape index (κ1) is 14.2. The molecule has 106 valence electrons. The Labute approximate surface area is 110 Å². The zero-order valence-electron chi connectivity index (χ0n) is 10.7. The van der Waals surface area contributed by atoms with Crippen LogP contribution in [-0.2, 0) is 17.3 Å². The summed E-state index contributed by atoms with van der Waals surface area (Å²) in [7, 11) is 0. The number of alkyl halides is 3. The number of halogens is 3. The van der Waals surface area contributed by atoms with Gasteiger partial charge in [-0.05, 0) is 49.3 Å². The molecule has 0 saturated carbocycles. The minimum absolute atomic E-state index is 0.155. The Morgan fingerprint density at radius 3 is 2.53 bits per heavy atom. The van der Waals surface area contributed by atoms with E-state index in [0.29, 0.717) is 17.9 Å². The maximum atomic E-state index is 12.9. The maximum Gasteiger partial charge on any atom is 0.416 e. The van der Waals surface area contributed by atoms with Crippen molar-refractivity contribution in [2.75, 3.05) is 18.9 Å². The third kappa shape index (κ3) is 3.86. The van der Waals surface area contributed by atoms with E-state index in [-0.39, 0.29) is 5.69 Å². The largest absolute Gasteiger partial charge is 0.416 e. The van der Waals surface area contributed by atoms with Gasteiger partial charge in [0.1, 0.15) is 0 Å². The molecule has 1 aliphatic heterocycles. The minimum atomic E-state index is -4.33. The first-order valence-corrected chi connectivity index (χ1v) is 6.50.